The summed E-state index contributed by atoms with van der Waals surface area (Å²) < 4.78 is 0. The van der Waals surface area contributed by atoms with Gasteiger partial charge in [0.05, 0.1) is 0 Å². The number of rotatable bonds is 5. The van der Waals surface area contributed by atoms with E-state index in [1.54, 1.807) is 0 Å². The SMILES string of the molecule is C=C(CCNC)CC1CCSCC1. The van der Waals surface area contributed by atoms with Crippen molar-refractivity contribution in [2.24, 2.45) is 5.92 Å². The molecule has 0 spiro atoms. The molecule has 0 radical (unpaired) electrons. The molecule has 0 aromatic rings. The van der Waals surface area contributed by atoms with Crippen molar-refractivity contribution < 1.29 is 0 Å². The average Bonchev–Trinajstić information content (AvgIpc) is 2.16. The van der Waals surface area contributed by atoms with Gasteiger partial charge in [-0.2, -0.15) is 11.8 Å². The van der Waals surface area contributed by atoms with Crippen LogP contribution in [0.3, 0.4) is 0 Å². The minimum Gasteiger partial charge on any atom is -0.319 e. The first-order valence-corrected chi connectivity index (χ1v) is 6.37. The van der Waals surface area contributed by atoms with Crippen molar-refractivity contribution in [3.63, 3.8) is 0 Å². The lowest BCUT2D eigenvalue weighted by molar-refractivity contribution is 0.479. The van der Waals surface area contributed by atoms with Gasteiger partial charge in [-0.25, -0.2) is 0 Å². The van der Waals surface area contributed by atoms with E-state index in [4.69, 9.17) is 0 Å². The average molecular weight is 199 g/mol. The maximum absolute atomic E-state index is 4.14. The molecule has 0 aromatic heterocycles. The van der Waals surface area contributed by atoms with Crippen LogP contribution in [0, 0.1) is 5.92 Å². The second kappa shape index (κ2) is 6.50. The maximum Gasteiger partial charge on any atom is -0.00147 e. The summed E-state index contributed by atoms with van der Waals surface area (Å²) in [4.78, 5) is 0. The second-order valence-corrected chi connectivity index (χ2v) is 5.09. The van der Waals surface area contributed by atoms with Gasteiger partial charge in [0.1, 0.15) is 0 Å². The molecule has 0 atom stereocenters. The fourth-order valence-electron chi connectivity index (χ4n) is 1.76. The van der Waals surface area contributed by atoms with Crippen LogP contribution >= 0.6 is 11.8 Å². The lowest BCUT2D eigenvalue weighted by Crippen LogP contribution is -2.13. The Morgan fingerprint density at radius 1 is 1.46 bits per heavy atom. The summed E-state index contributed by atoms with van der Waals surface area (Å²) in [5.41, 5.74) is 1.44. The van der Waals surface area contributed by atoms with Gasteiger partial charge < -0.3 is 5.32 Å². The summed E-state index contributed by atoms with van der Waals surface area (Å²) >= 11 is 2.10. The molecule has 0 unspecified atom stereocenters. The van der Waals surface area contributed by atoms with Gasteiger partial charge in [-0.05, 0) is 56.7 Å². The highest BCUT2D eigenvalue weighted by molar-refractivity contribution is 7.99. The molecule has 1 N–H and O–H groups in total. The van der Waals surface area contributed by atoms with Crippen LogP contribution in [0.4, 0.5) is 0 Å². The van der Waals surface area contributed by atoms with Crippen LogP contribution in [0.5, 0.6) is 0 Å². The number of nitrogens with one attached hydrogen (secondary N) is 1. The van der Waals surface area contributed by atoms with E-state index in [2.05, 4.69) is 23.7 Å². The zero-order valence-corrected chi connectivity index (χ0v) is 9.46. The van der Waals surface area contributed by atoms with Gasteiger partial charge in [-0.1, -0.05) is 12.2 Å². The van der Waals surface area contributed by atoms with E-state index in [1.807, 2.05) is 7.05 Å². The van der Waals surface area contributed by atoms with Gasteiger partial charge in [0.2, 0.25) is 0 Å². The third kappa shape index (κ3) is 4.72. The highest BCUT2D eigenvalue weighted by atomic mass is 32.2. The van der Waals surface area contributed by atoms with Gasteiger partial charge in [-0.3, -0.25) is 0 Å². The Morgan fingerprint density at radius 3 is 2.77 bits per heavy atom. The molecule has 13 heavy (non-hydrogen) atoms. The molecule has 1 aliphatic heterocycles. The van der Waals surface area contributed by atoms with E-state index < -0.39 is 0 Å². The van der Waals surface area contributed by atoms with Crippen molar-refractivity contribution >= 4 is 11.8 Å². The summed E-state index contributed by atoms with van der Waals surface area (Å²) in [5.74, 6) is 3.67. The van der Waals surface area contributed by atoms with E-state index in [0.717, 1.165) is 18.9 Å². The molecule has 1 aliphatic rings. The van der Waals surface area contributed by atoms with E-state index in [-0.39, 0.29) is 0 Å². The molecule has 1 nitrogen and oxygen atoms in total. The molecular weight excluding hydrogens is 178 g/mol. The molecule has 1 heterocycles. The van der Waals surface area contributed by atoms with Crippen molar-refractivity contribution in [1.29, 1.82) is 0 Å². The van der Waals surface area contributed by atoms with Crippen molar-refractivity contribution in [1.82, 2.24) is 5.32 Å². The molecule has 0 aliphatic carbocycles. The summed E-state index contributed by atoms with van der Waals surface area (Å²) in [6, 6.07) is 0. The first-order chi connectivity index (χ1) is 6.33. The predicted octanol–water partition coefficient (Wildman–Crippen LogP) is 2.69. The molecule has 76 valence electrons. The van der Waals surface area contributed by atoms with Gasteiger partial charge in [0.25, 0.3) is 0 Å². The fraction of sp³-hybridized carbons (Fsp3) is 0.818. The Hall–Kier alpha value is 0.0500. The maximum atomic E-state index is 4.14. The van der Waals surface area contributed by atoms with Crippen LogP contribution in [0.2, 0.25) is 0 Å². The Bertz CT molecular complexity index is 150. The molecule has 2 heteroatoms. The van der Waals surface area contributed by atoms with Crippen molar-refractivity contribution in [3.8, 4) is 0 Å². The van der Waals surface area contributed by atoms with E-state index in [1.165, 1.54) is 36.3 Å². The van der Waals surface area contributed by atoms with Crippen LogP contribution in [0.25, 0.3) is 0 Å². The number of hydrogen-bond donors (Lipinski definition) is 1. The number of thioether (sulfide) groups is 1. The Balaban J connectivity index is 2.11. The zero-order chi connectivity index (χ0) is 9.52. The summed E-state index contributed by atoms with van der Waals surface area (Å²) in [7, 11) is 2.00. The normalized spacial score (nSPS) is 18.8. The predicted molar refractivity (Wildman–Crippen MR) is 62.3 cm³/mol. The van der Waals surface area contributed by atoms with Crippen LogP contribution in [0.15, 0.2) is 12.2 Å². The largest absolute Gasteiger partial charge is 0.319 e. The third-order valence-corrected chi connectivity index (χ3v) is 3.70. The zero-order valence-electron chi connectivity index (χ0n) is 8.64. The molecule has 0 amide bonds. The molecule has 0 saturated carbocycles. The standard InChI is InChI=1S/C11H21NS/c1-10(3-6-12-2)9-11-4-7-13-8-5-11/h11-12H,1,3-9H2,2H3. The van der Waals surface area contributed by atoms with Gasteiger partial charge in [0.15, 0.2) is 0 Å². The minimum absolute atomic E-state index is 0.936. The monoisotopic (exact) mass is 199 g/mol. The topological polar surface area (TPSA) is 12.0 Å². The Morgan fingerprint density at radius 2 is 2.15 bits per heavy atom. The first-order valence-electron chi connectivity index (χ1n) is 5.22. The Kier molecular flexibility index (Phi) is 5.56. The molecular formula is C11H21NS. The molecule has 1 rings (SSSR count). The lowest BCUT2D eigenvalue weighted by atomic mass is 9.93. The van der Waals surface area contributed by atoms with E-state index in [9.17, 15) is 0 Å². The van der Waals surface area contributed by atoms with Crippen LogP contribution in [-0.4, -0.2) is 25.1 Å². The molecule has 1 saturated heterocycles. The van der Waals surface area contributed by atoms with Gasteiger partial charge in [-0.15, -0.1) is 0 Å². The first kappa shape index (κ1) is 11.1. The summed E-state index contributed by atoms with van der Waals surface area (Å²) in [5, 5.41) is 3.17. The van der Waals surface area contributed by atoms with Crippen LogP contribution < -0.4 is 5.32 Å². The fourth-order valence-corrected chi connectivity index (χ4v) is 2.97. The molecule has 0 bridgehead atoms. The third-order valence-electron chi connectivity index (χ3n) is 2.65. The number of hydrogen-bond acceptors (Lipinski definition) is 2. The van der Waals surface area contributed by atoms with Crippen molar-refractivity contribution in [2.45, 2.75) is 25.7 Å². The quantitative estimate of drug-likeness (QED) is 0.683. The van der Waals surface area contributed by atoms with Gasteiger partial charge >= 0.3 is 0 Å². The summed E-state index contributed by atoms with van der Waals surface area (Å²) in [6.45, 7) is 5.22. The van der Waals surface area contributed by atoms with Crippen LogP contribution in [0.1, 0.15) is 25.7 Å². The van der Waals surface area contributed by atoms with E-state index in [0.29, 0.717) is 0 Å². The van der Waals surface area contributed by atoms with E-state index >= 15 is 0 Å². The van der Waals surface area contributed by atoms with Crippen LogP contribution in [-0.2, 0) is 0 Å². The van der Waals surface area contributed by atoms with Crippen molar-refractivity contribution in [2.75, 3.05) is 25.1 Å². The smallest absolute Gasteiger partial charge is 0.00147 e. The van der Waals surface area contributed by atoms with Gasteiger partial charge in [0, 0.05) is 0 Å². The van der Waals surface area contributed by atoms with Crippen molar-refractivity contribution in [3.05, 3.63) is 12.2 Å². The molecule has 0 aromatic carbocycles. The lowest BCUT2D eigenvalue weighted by Gasteiger charge is -2.22. The second-order valence-electron chi connectivity index (χ2n) is 3.86. The molecule has 1 fully saturated rings. The highest BCUT2D eigenvalue weighted by Gasteiger charge is 2.14. The highest BCUT2D eigenvalue weighted by Crippen LogP contribution is 2.27. The minimum atomic E-state index is 0.936. The Labute approximate surface area is 86.4 Å². The summed E-state index contributed by atoms with van der Waals surface area (Å²) in [6.07, 6.45) is 5.23.